The fourth-order valence-electron chi connectivity index (χ4n) is 3.15. The van der Waals surface area contributed by atoms with Crippen molar-refractivity contribution in [3.63, 3.8) is 0 Å². The van der Waals surface area contributed by atoms with Gasteiger partial charge in [0, 0.05) is 18.5 Å². The van der Waals surface area contributed by atoms with Gasteiger partial charge in [0.2, 0.25) is 5.91 Å². The molecule has 1 aliphatic heterocycles. The summed E-state index contributed by atoms with van der Waals surface area (Å²) in [6.07, 6.45) is 1.05. The van der Waals surface area contributed by atoms with Gasteiger partial charge in [-0.25, -0.2) is 4.98 Å². The first kappa shape index (κ1) is 18.6. The number of thiazole rings is 1. The first-order chi connectivity index (χ1) is 13.6. The van der Waals surface area contributed by atoms with Gasteiger partial charge in [-0.1, -0.05) is 12.1 Å². The molecule has 0 fully saturated rings. The maximum Gasteiger partial charge on any atom is 0.267 e. The lowest BCUT2D eigenvalue weighted by atomic mass is 9.99. The molecule has 8 heteroatoms. The maximum absolute atomic E-state index is 12.7. The van der Waals surface area contributed by atoms with E-state index in [1.165, 1.54) is 28.2 Å². The molecule has 6 nitrogen and oxygen atoms in total. The van der Waals surface area contributed by atoms with Crippen LogP contribution in [0.2, 0.25) is 0 Å². The van der Waals surface area contributed by atoms with Crippen molar-refractivity contribution in [2.24, 2.45) is 0 Å². The van der Waals surface area contributed by atoms with Gasteiger partial charge in [0.05, 0.1) is 24.1 Å². The van der Waals surface area contributed by atoms with Crippen LogP contribution in [0.15, 0.2) is 41.1 Å². The standard InChI is InChI=1S/C20H19N3O3S2/c1-26-16-5-4-14-11-23(7-6-13(14)9-16)18(24)10-15-12-28-20(21-15)22-19(25)17-3-2-8-27-17/h2-5,8-9,12H,6-7,10-11H2,1H3,(H,21,22,25). The van der Waals surface area contributed by atoms with Crippen molar-refractivity contribution in [1.29, 1.82) is 0 Å². The topological polar surface area (TPSA) is 71.5 Å². The van der Waals surface area contributed by atoms with Crippen LogP contribution >= 0.6 is 22.7 Å². The predicted molar refractivity (Wildman–Crippen MR) is 110 cm³/mol. The normalized spacial score (nSPS) is 13.1. The summed E-state index contributed by atoms with van der Waals surface area (Å²) in [5.74, 6) is 0.714. The molecule has 0 atom stereocenters. The molecule has 0 bridgehead atoms. The predicted octanol–water partition coefficient (Wildman–Crippen LogP) is 3.59. The molecule has 28 heavy (non-hydrogen) atoms. The van der Waals surface area contributed by atoms with Gasteiger partial charge in [-0.3, -0.25) is 14.9 Å². The van der Waals surface area contributed by atoms with E-state index >= 15 is 0 Å². The quantitative estimate of drug-likeness (QED) is 0.694. The van der Waals surface area contributed by atoms with Gasteiger partial charge in [-0.15, -0.1) is 22.7 Å². The molecular formula is C20H19N3O3S2. The van der Waals surface area contributed by atoms with Gasteiger partial charge in [0.15, 0.2) is 5.13 Å². The van der Waals surface area contributed by atoms with Crippen molar-refractivity contribution in [3.05, 3.63) is 62.8 Å². The third-order valence-electron chi connectivity index (χ3n) is 4.63. The highest BCUT2D eigenvalue weighted by Crippen LogP contribution is 2.25. The molecule has 4 rings (SSSR count). The summed E-state index contributed by atoms with van der Waals surface area (Å²) in [6, 6.07) is 9.59. The second-order valence-corrected chi connectivity index (χ2v) is 8.26. The van der Waals surface area contributed by atoms with Crippen LogP contribution in [0.5, 0.6) is 5.75 Å². The summed E-state index contributed by atoms with van der Waals surface area (Å²) in [7, 11) is 1.66. The average molecular weight is 414 g/mol. The number of fused-ring (bicyclic) bond motifs is 1. The monoisotopic (exact) mass is 413 g/mol. The van der Waals surface area contributed by atoms with E-state index in [2.05, 4.69) is 10.3 Å². The largest absolute Gasteiger partial charge is 0.497 e. The van der Waals surface area contributed by atoms with Crippen LogP contribution in [0.3, 0.4) is 0 Å². The minimum Gasteiger partial charge on any atom is -0.497 e. The Morgan fingerprint density at radius 1 is 1.25 bits per heavy atom. The van der Waals surface area contributed by atoms with Crippen LogP contribution in [0.4, 0.5) is 5.13 Å². The highest BCUT2D eigenvalue weighted by molar-refractivity contribution is 7.14. The molecule has 3 aromatic rings. The second kappa shape index (κ2) is 8.12. The number of hydrogen-bond donors (Lipinski definition) is 1. The number of amides is 2. The number of nitrogens with one attached hydrogen (secondary N) is 1. The van der Waals surface area contributed by atoms with E-state index in [9.17, 15) is 9.59 Å². The number of thiophene rings is 1. The number of rotatable bonds is 5. The Hall–Kier alpha value is -2.71. The Balaban J connectivity index is 1.36. The highest BCUT2D eigenvalue weighted by atomic mass is 32.1. The fraction of sp³-hybridized carbons (Fsp3) is 0.250. The van der Waals surface area contributed by atoms with E-state index in [4.69, 9.17) is 4.74 Å². The molecule has 0 radical (unpaired) electrons. The first-order valence-electron chi connectivity index (χ1n) is 8.85. The Morgan fingerprint density at radius 3 is 2.93 bits per heavy atom. The fourth-order valence-corrected chi connectivity index (χ4v) is 4.47. The molecule has 0 saturated carbocycles. The number of anilines is 1. The first-order valence-corrected chi connectivity index (χ1v) is 10.6. The van der Waals surface area contributed by atoms with Crippen molar-refractivity contribution >= 4 is 39.6 Å². The van der Waals surface area contributed by atoms with Crippen LogP contribution in [-0.2, 0) is 24.2 Å². The van der Waals surface area contributed by atoms with E-state index in [1.54, 1.807) is 13.2 Å². The van der Waals surface area contributed by atoms with Crippen LogP contribution < -0.4 is 10.1 Å². The van der Waals surface area contributed by atoms with Crippen LogP contribution in [-0.4, -0.2) is 35.4 Å². The second-order valence-electron chi connectivity index (χ2n) is 6.45. The summed E-state index contributed by atoms with van der Waals surface area (Å²) in [5, 5.41) is 6.97. The van der Waals surface area contributed by atoms with Crippen molar-refractivity contribution in [3.8, 4) is 5.75 Å². The summed E-state index contributed by atoms with van der Waals surface area (Å²) in [6.45, 7) is 1.29. The average Bonchev–Trinajstić information content (AvgIpc) is 3.39. The van der Waals surface area contributed by atoms with Gasteiger partial charge in [0.1, 0.15) is 5.75 Å². The highest BCUT2D eigenvalue weighted by Gasteiger charge is 2.22. The Labute approximate surface area is 170 Å². The molecule has 2 aromatic heterocycles. The van der Waals surface area contributed by atoms with E-state index in [0.29, 0.717) is 28.8 Å². The van der Waals surface area contributed by atoms with Crippen LogP contribution in [0.1, 0.15) is 26.5 Å². The van der Waals surface area contributed by atoms with Crippen molar-refractivity contribution in [2.45, 2.75) is 19.4 Å². The Kier molecular flexibility index (Phi) is 5.40. The number of aromatic nitrogens is 1. The van der Waals surface area contributed by atoms with E-state index in [0.717, 1.165) is 17.7 Å². The van der Waals surface area contributed by atoms with E-state index in [1.807, 2.05) is 39.9 Å². The minimum absolute atomic E-state index is 0.0444. The molecule has 2 amide bonds. The van der Waals surface area contributed by atoms with Crippen molar-refractivity contribution < 1.29 is 14.3 Å². The zero-order valence-corrected chi connectivity index (χ0v) is 16.9. The Bertz CT molecular complexity index is 998. The molecule has 0 unspecified atom stereocenters. The van der Waals surface area contributed by atoms with Gasteiger partial charge >= 0.3 is 0 Å². The molecule has 1 aromatic carbocycles. The van der Waals surface area contributed by atoms with Gasteiger partial charge in [-0.05, 0) is 41.1 Å². The summed E-state index contributed by atoms with van der Waals surface area (Å²) in [4.78, 5) is 31.7. The number of hydrogen-bond acceptors (Lipinski definition) is 6. The lowest BCUT2D eigenvalue weighted by Gasteiger charge is -2.29. The lowest BCUT2D eigenvalue weighted by molar-refractivity contribution is -0.131. The SMILES string of the molecule is COc1ccc2c(c1)CCN(C(=O)Cc1csc(NC(=O)c3cccs3)n1)C2. The molecule has 0 aliphatic carbocycles. The van der Waals surface area contributed by atoms with E-state index in [-0.39, 0.29) is 18.2 Å². The number of ether oxygens (including phenoxy) is 1. The number of benzene rings is 1. The van der Waals surface area contributed by atoms with Crippen molar-refractivity contribution in [2.75, 3.05) is 19.0 Å². The third-order valence-corrected chi connectivity index (χ3v) is 6.30. The summed E-state index contributed by atoms with van der Waals surface area (Å²) in [5.41, 5.74) is 3.07. The van der Waals surface area contributed by atoms with Gasteiger partial charge in [0.25, 0.3) is 5.91 Å². The smallest absolute Gasteiger partial charge is 0.267 e. The Morgan fingerprint density at radius 2 is 2.14 bits per heavy atom. The summed E-state index contributed by atoms with van der Waals surface area (Å²) >= 11 is 2.71. The molecule has 0 spiro atoms. The summed E-state index contributed by atoms with van der Waals surface area (Å²) < 4.78 is 5.27. The minimum atomic E-state index is -0.176. The molecule has 1 aliphatic rings. The van der Waals surface area contributed by atoms with Crippen molar-refractivity contribution in [1.82, 2.24) is 9.88 Å². The van der Waals surface area contributed by atoms with Gasteiger partial charge < -0.3 is 9.64 Å². The zero-order valence-electron chi connectivity index (χ0n) is 15.3. The van der Waals surface area contributed by atoms with Gasteiger partial charge in [-0.2, -0.15) is 0 Å². The molecular weight excluding hydrogens is 394 g/mol. The number of methoxy groups -OCH3 is 1. The van der Waals surface area contributed by atoms with Crippen LogP contribution in [0, 0.1) is 0 Å². The number of carbonyl (C=O) groups excluding carboxylic acids is 2. The molecule has 0 saturated heterocycles. The zero-order chi connectivity index (χ0) is 19.5. The molecule has 144 valence electrons. The third kappa shape index (κ3) is 4.07. The molecule has 3 heterocycles. The maximum atomic E-state index is 12.7. The lowest BCUT2D eigenvalue weighted by Crippen LogP contribution is -2.37. The van der Waals surface area contributed by atoms with Crippen LogP contribution in [0.25, 0.3) is 0 Å². The number of carbonyl (C=O) groups is 2. The molecule has 1 N–H and O–H groups in total. The van der Waals surface area contributed by atoms with E-state index < -0.39 is 0 Å². The number of nitrogens with zero attached hydrogens (tertiary/aromatic N) is 2.